The molecule has 0 spiro atoms. The first kappa shape index (κ1) is 23.4. The number of pyridine rings is 1. The lowest BCUT2D eigenvalue weighted by atomic mass is 10.0. The van der Waals surface area contributed by atoms with Crippen molar-refractivity contribution in [2.75, 3.05) is 5.32 Å². The summed E-state index contributed by atoms with van der Waals surface area (Å²) in [5, 5.41) is 6.91. The Bertz CT molecular complexity index is 1420. The van der Waals surface area contributed by atoms with Gasteiger partial charge in [-0.2, -0.15) is 18.3 Å². The van der Waals surface area contributed by atoms with Crippen LogP contribution in [0.5, 0.6) is 0 Å². The number of hydrogen-bond acceptors (Lipinski definition) is 4. The van der Waals surface area contributed by atoms with Crippen LogP contribution in [0.4, 0.5) is 18.9 Å². The van der Waals surface area contributed by atoms with Crippen LogP contribution in [0.15, 0.2) is 54.6 Å². The third-order valence-corrected chi connectivity index (χ3v) is 5.38. The van der Waals surface area contributed by atoms with E-state index in [2.05, 4.69) is 15.4 Å². The molecule has 0 aliphatic rings. The zero-order valence-electron chi connectivity index (χ0n) is 18.1. The van der Waals surface area contributed by atoms with Crippen molar-refractivity contribution in [3.05, 3.63) is 87.7 Å². The largest absolute Gasteiger partial charge is 0.417 e. The number of carbonyl (C=O) groups excluding carboxylic acids is 2. The number of hydrogen-bond donors (Lipinski definition) is 1. The molecule has 2 heterocycles. The summed E-state index contributed by atoms with van der Waals surface area (Å²) in [5.74, 6) is -0.934. The predicted molar refractivity (Wildman–Crippen MR) is 122 cm³/mol. The van der Waals surface area contributed by atoms with Crippen molar-refractivity contribution in [2.24, 2.45) is 0 Å². The van der Waals surface area contributed by atoms with Crippen molar-refractivity contribution in [1.82, 2.24) is 14.8 Å². The Morgan fingerprint density at radius 3 is 2.44 bits per heavy atom. The minimum Gasteiger partial charge on any atom is -0.324 e. The number of carbonyl (C=O) groups is 2. The van der Waals surface area contributed by atoms with E-state index in [0.29, 0.717) is 10.6 Å². The Labute approximate surface area is 197 Å². The number of aromatic nitrogens is 3. The molecule has 0 radical (unpaired) electrons. The number of halogens is 4. The van der Waals surface area contributed by atoms with E-state index in [-0.39, 0.29) is 39.5 Å². The minimum absolute atomic E-state index is 0.0448. The van der Waals surface area contributed by atoms with Crippen molar-refractivity contribution in [2.45, 2.75) is 26.6 Å². The fourth-order valence-corrected chi connectivity index (χ4v) is 3.87. The highest BCUT2D eigenvalue weighted by molar-refractivity contribution is 6.31. The van der Waals surface area contributed by atoms with E-state index in [0.717, 1.165) is 10.7 Å². The second-order valence-electron chi connectivity index (χ2n) is 7.68. The highest BCUT2D eigenvalue weighted by Crippen LogP contribution is 2.36. The third-order valence-electron chi connectivity index (χ3n) is 5.14. The summed E-state index contributed by atoms with van der Waals surface area (Å²) in [7, 11) is 0. The molecule has 4 rings (SSSR count). The molecule has 0 saturated carbocycles. The number of nitrogens with zero attached hydrogens (tertiary/aromatic N) is 3. The monoisotopic (exact) mass is 486 g/mol. The third kappa shape index (κ3) is 4.65. The van der Waals surface area contributed by atoms with Gasteiger partial charge in [-0.15, -0.1) is 0 Å². The van der Waals surface area contributed by atoms with Crippen LogP contribution in [0.1, 0.15) is 32.9 Å². The zero-order valence-corrected chi connectivity index (χ0v) is 18.8. The summed E-state index contributed by atoms with van der Waals surface area (Å²) in [6.07, 6.45) is -4.59. The van der Waals surface area contributed by atoms with E-state index in [9.17, 15) is 22.8 Å². The van der Waals surface area contributed by atoms with Gasteiger partial charge in [0.25, 0.3) is 0 Å². The van der Waals surface area contributed by atoms with Crippen LogP contribution >= 0.6 is 11.6 Å². The van der Waals surface area contributed by atoms with Gasteiger partial charge < -0.3 is 5.32 Å². The SMILES string of the molecule is Cc1cc(C(F)(F)F)c2c(C)nn(CC(=O)Nc3ccc(Cl)cc3C(=O)c3ccccc3)c2n1. The number of alkyl halides is 3. The molecule has 4 aromatic rings. The van der Waals surface area contributed by atoms with Gasteiger partial charge in [0.2, 0.25) is 5.91 Å². The minimum atomic E-state index is -4.59. The maximum Gasteiger partial charge on any atom is 0.417 e. The normalized spacial score (nSPS) is 11.6. The summed E-state index contributed by atoms with van der Waals surface area (Å²) in [6.45, 7) is 2.47. The van der Waals surface area contributed by atoms with E-state index in [4.69, 9.17) is 11.6 Å². The van der Waals surface area contributed by atoms with Gasteiger partial charge in [-0.25, -0.2) is 9.67 Å². The quantitative estimate of drug-likeness (QED) is 0.373. The second-order valence-corrected chi connectivity index (χ2v) is 8.12. The Balaban J connectivity index is 1.66. The highest BCUT2D eigenvalue weighted by Gasteiger charge is 2.35. The lowest BCUT2D eigenvalue weighted by Crippen LogP contribution is -2.21. The number of anilines is 1. The summed E-state index contributed by atoms with van der Waals surface area (Å²) < 4.78 is 41.8. The molecule has 0 aliphatic heterocycles. The molecule has 2 aromatic heterocycles. The van der Waals surface area contributed by atoms with E-state index >= 15 is 0 Å². The van der Waals surface area contributed by atoms with Crippen LogP contribution in [-0.4, -0.2) is 26.5 Å². The maximum absolute atomic E-state index is 13.5. The van der Waals surface area contributed by atoms with Crippen molar-refractivity contribution < 1.29 is 22.8 Å². The molecule has 0 fully saturated rings. The molecular formula is C24H18ClF3N4O2. The number of nitrogens with one attached hydrogen (secondary N) is 1. The standard InChI is InChI=1S/C24H18ClF3N4O2/c1-13-10-18(24(26,27)28)21-14(2)31-32(23(21)29-13)12-20(33)30-19-9-8-16(25)11-17(19)22(34)15-6-4-3-5-7-15/h3-11H,12H2,1-2H3,(H,30,33). The van der Waals surface area contributed by atoms with E-state index in [1.807, 2.05) is 0 Å². The molecule has 0 saturated heterocycles. The smallest absolute Gasteiger partial charge is 0.324 e. The number of fused-ring (bicyclic) bond motifs is 1. The van der Waals surface area contributed by atoms with Gasteiger partial charge >= 0.3 is 6.18 Å². The number of amides is 1. The van der Waals surface area contributed by atoms with Crippen LogP contribution in [0.2, 0.25) is 5.02 Å². The van der Waals surface area contributed by atoms with Crippen molar-refractivity contribution in [3.8, 4) is 0 Å². The van der Waals surface area contributed by atoms with E-state index in [1.54, 1.807) is 30.3 Å². The summed E-state index contributed by atoms with van der Waals surface area (Å²) >= 11 is 6.07. The first-order valence-electron chi connectivity index (χ1n) is 10.2. The zero-order chi connectivity index (χ0) is 24.6. The molecule has 174 valence electrons. The predicted octanol–water partition coefficient (Wildman–Crippen LogP) is 5.59. The molecular weight excluding hydrogens is 469 g/mol. The highest BCUT2D eigenvalue weighted by atomic mass is 35.5. The van der Waals surface area contributed by atoms with Gasteiger partial charge in [-0.3, -0.25) is 9.59 Å². The van der Waals surface area contributed by atoms with Crippen LogP contribution in [-0.2, 0) is 17.5 Å². The van der Waals surface area contributed by atoms with E-state index < -0.39 is 24.2 Å². The fraction of sp³-hybridized carbons (Fsp3) is 0.167. The molecule has 10 heteroatoms. The van der Waals surface area contributed by atoms with E-state index in [1.165, 1.54) is 32.0 Å². The van der Waals surface area contributed by atoms with Gasteiger partial charge in [0.15, 0.2) is 11.4 Å². The fourth-order valence-electron chi connectivity index (χ4n) is 3.70. The lowest BCUT2D eigenvalue weighted by Gasteiger charge is -2.12. The van der Waals surface area contributed by atoms with Gasteiger partial charge in [0, 0.05) is 21.8 Å². The Morgan fingerprint density at radius 2 is 1.76 bits per heavy atom. The van der Waals surface area contributed by atoms with Gasteiger partial charge in [-0.1, -0.05) is 41.9 Å². The van der Waals surface area contributed by atoms with Gasteiger partial charge in [0.05, 0.1) is 22.3 Å². The van der Waals surface area contributed by atoms with Crippen LogP contribution in [0.25, 0.3) is 11.0 Å². The Hall–Kier alpha value is -3.72. The Morgan fingerprint density at radius 1 is 1.06 bits per heavy atom. The van der Waals surface area contributed by atoms with Crippen molar-refractivity contribution in [1.29, 1.82) is 0 Å². The molecule has 1 N–H and O–H groups in total. The molecule has 34 heavy (non-hydrogen) atoms. The summed E-state index contributed by atoms with van der Waals surface area (Å²) in [5.41, 5.74) is 0.167. The Kier molecular flexibility index (Phi) is 6.14. The first-order chi connectivity index (χ1) is 16.0. The van der Waals surface area contributed by atoms with Crippen molar-refractivity contribution in [3.63, 3.8) is 0 Å². The van der Waals surface area contributed by atoms with Crippen molar-refractivity contribution >= 4 is 40.0 Å². The van der Waals surface area contributed by atoms with Crippen LogP contribution in [0, 0.1) is 13.8 Å². The van der Waals surface area contributed by atoms with Crippen LogP contribution < -0.4 is 5.32 Å². The molecule has 0 atom stereocenters. The molecule has 2 aromatic carbocycles. The average Bonchev–Trinajstić information content (AvgIpc) is 3.08. The van der Waals surface area contributed by atoms with Crippen LogP contribution in [0.3, 0.4) is 0 Å². The molecule has 1 amide bonds. The maximum atomic E-state index is 13.5. The molecule has 0 unspecified atom stereocenters. The molecule has 0 aliphatic carbocycles. The lowest BCUT2D eigenvalue weighted by molar-refractivity contribution is -0.136. The van der Waals surface area contributed by atoms with Gasteiger partial charge in [0.1, 0.15) is 6.54 Å². The average molecular weight is 487 g/mol. The second kappa shape index (κ2) is 8.90. The van der Waals surface area contributed by atoms with Gasteiger partial charge in [-0.05, 0) is 38.1 Å². The number of rotatable bonds is 5. The topological polar surface area (TPSA) is 76.9 Å². The molecule has 6 nitrogen and oxygen atoms in total. The molecule has 0 bridgehead atoms. The summed E-state index contributed by atoms with van der Waals surface area (Å²) in [4.78, 5) is 30.0. The number of aryl methyl sites for hydroxylation is 2. The number of ketones is 1. The first-order valence-corrected chi connectivity index (χ1v) is 10.5. The summed E-state index contributed by atoms with van der Waals surface area (Å²) in [6, 6.07) is 13.9. The number of benzene rings is 2.